The van der Waals surface area contributed by atoms with Gasteiger partial charge in [-0.15, -0.1) is 0 Å². The Labute approximate surface area is 70.4 Å². The zero-order valence-electron chi connectivity index (χ0n) is 6.92. The van der Waals surface area contributed by atoms with Crippen LogP contribution in [0.25, 0.3) is 0 Å². The Morgan fingerprint density at radius 1 is 1.75 bits per heavy atom. The number of nitrogens with two attached hydrogens (primary N) is 2. The van der Waals surface area contributed by atoms with E-state index < -0.39 is 17.6 Å². The van der Waals surface area contributed by atoms with E-state index in [1.165, 1.54) is 0 Å². The summed E-state index contributed by atoms with van der Waals surface area (Å²) < 4.78 is 0. The lowest BCUT2D eigenvalue weighted by Gasteiger charge is -2.25. The van der Waals surface area contributed by atoms with Crippen molar-refractivity contribution in [3.8, 4) is 0 Å². The first-order chi connectivity index (χ1) is 5.42. The van der Waals surface area contributed by atoms with Crippen molar-refractivity contribution < 1.29 is 9.90 Å². The van der Waals surface area contributed by atoms with Gasteiger partial charge in [-0.2, -0.15) is 0 Å². The normalized spacial score (nSPS) is 14.8. The Hall–Kier alpha value is -1.30. The molecule has 70 valence electrons. The Kier molecular flexibility index (Phi) is 3.49. The maximum absolute atomic E-state index is 10.6. The third-order valence-electron chi connectivity index (χ3n) is 1.38. The number of aliphatic carboxylic acids is 1. The number of carboxylic acid groups (broad SMARTS) is 1. The Bertz CT molecular complexity index is 194. The largest absolute Gasteiger partial charge is 0.478 e. The van der Waals surface area contributed by atoms with E-state index in [1.54, 1.807) is 6.92 Å². The van der Waals surface area contributed by atoms with Crippen molar-refractivity contribution in [2.45, 2.75) is 25.4 Å². The monoisotopic (exact) mass is 174 g/mol. The maximum Gasteiger partial charge on any atom is 0.344 e. The molecule has 0 aliphatic heterocycles. The molecule has 12 heavy (non-hydrogen) atoms. The Morgan fingerprint density at radius 2 is 2.25 bits per heavy atom. The van der Waals surface area contributed by atoms with Gasteiger partial charge in [-0.3, -0.25) is 11.1 Å². The van der Waals surface area contributed by atoms with E-state index in [9.17, 15) is 4.79 Å². The molecule has 0 aromatic heterocycles. The summed E-state index contributed by atoms with van der Waals surface area (Å²) >= 11 is 0. The van der Waals surface area contributed by atoms with E-state index in [0.29, 0.717) is 6.42 Å². The van der Waals surface area contributed by atoms with Gasteiger partial charge in [0.15, 0.2) is 11.6 Å². The third-order valence-corrected chi connectivity index (χ3v) is 1.38. The van der Waals surface area contributed by atoms with Crippen molar-refractivity contribution in [3.63, 3.8) is 0 Å². The molecule has 0 saturated carbocycles. The molecule has 6 heteroatoms. The fraction of sp³-hybridized carbons (Fsp3) is 0.667. The van der Waals surface area contributed by atoms with Crippen LogP contribution in [0.1, 0.15) is 19.8 Å². The highest BCUT2D eigenvalue weighted by molar-refractivity contribution is 5.85. The molecule has 7 N–H and O–H groups in total. The van der Waals surface area contributed by atoms with Gasteiger partial charge in [-0.1, -0.05) is 13.3 Å². The van der Waals surface area contributed by atoms with Crippen LogP contribution in [0.2, 0.25) is 0 Å². The van der Waals surface area contributed by atoms with Crippen molar-refractivity contribution >= 4 is 11.9 Å². The minimum absolute atomic E-state index is 0.224. The van der Waals surface area contributed by atoms with Gasteiger partial charge < -0.3 is 16.2 Å². The Balaban J connectivity index is 4.38. The highest BCUT2D eigenvalue weighted by atomic mass is 16.4. The van der Waals surface area contributed by atoms with Gasteiger partial charge in [0.2, 0.25) is 0 Å². The highest BCUT2D eigenvalue weighted by Gasteiger charge is 2.33. The van der Waals surface area contributed by atoms with E-state index in [0.717, 1.165) is 0 Å². The van der Waals surface area contributed by atoms with Gasteiger partial charge >= 0.3 is 5.97 Å². The number of rotatable bonds is 4. The van der Waals surface area contributed by atoms with Crippen molar-refractivity contribution in [1.29, 1.82) is 5.41 Å². The molecule has 0 aliphatic carbocycles. The van der Waals surface area contributed by atoms with Crippen molar-refractivity contribution in [2.24, 2.45) is 11.5 Å². The van der Waals surface area contributed by atoms with Crippen molar-refractivity contribution in [1.82, 2.24) is 5.32 Å². The van der Waals surface area contributed by atoms with Gasteiger partial charge in [0.25, 0.3) is 0 Å². The summed E-state index contributed by atoms with van der Waals surface area (Å²) in [5.41, 5.74) is 8.79. The van der Waals surface area contributed by atoms with Crippen LogP contribution in [-0.2, 0) is 4.79 Å². The van der Waals surface area contributed by atoms with E-state index in [-0.39, 0.29) is 6.42 Å². The third kappa shape index (κ3) is 2.75. The minimum atomic E-state index is -1.61. The zero-order chi connectivity index (χ0) is 9.78. The van der Waals surface area contributed by atoms with E-state index in [1.807, 2.05) is 0 Å². The summed E-state index contributed by atoms with van der Waals surface area (Å²) in [6.07, 6.45) is 0.824. The van der Waals surface area contributed by atoms with Gasteiger partial charge in [0.05, 0.1) is 0 Å². The summed E-state index contributed by atoms with van der Waals surface area (Å²) in [5, 5.41) is 17.7. The number of carbonyl (C=O) groups is 1. The fourth-order valence-electron chi connectivity index (χ4n) is 0.858. The smallest absolute Gasteiger partial charge is 0.344 e. The molecule has 0 aromatic carbocycles. The van der Waals surface area contributed by atoms with Crippen LogP contribution >= 0.6 is 0 Å². The topological polar surface area (TPSA) is 125 Å². The molecule has 0 bridgehead atoms. The molecule has 0 saturated heterocycles. The second kappa shape index (κ2) is 3.91. The average molecular weight is 174 g/mol. The molecular formula is C6H14N4O2. The summed E-state index contributed by atoms with van der Waals surface area (Å²) in [5.74, 6) is -1.65. The lowest BCUT2D eigenvalue weighted by molar-refractivity contribution is -0.144. The van der Waals surface area contributed by atoms with Crippen LogP contribution in [0.4, 0.5) is 0 Å². The van der Waals surface area contributed by atoms with Crippen molar-refractivity contribution in [3.05, 3.63) is 0 Å². The van der Waals surface area contributed by atoms with Gasteiger partial charge in [-0.05, 0) is 6.42 Å². The molecule has 0 fully saturated rings. The molecule has 0 aliphatic rings. The predicted octanol–water partition coefficient (Wildman–Crippen LogP) is -0.991. The molecule has 6 nitrogen and oxygen atoms in total. The van der Waals surface area contributed by atoms with Gasteiger partial charge in [-0.25, -0.2) is 4.79 Å². The molecular weight excluding hydrogens is 160 g/mol. The molecule has 0 unspecified atom stereocenters. The lowest BCUT2D eigenvalue weighted by atomic mass is 10.1. The first-order valence-electron chi connectivity index (χ1n) is 3.57. The Morgan fingerprint density at radius 3 is 2.50 bits per heavy atom. The van der Waals surface area contributed by atoms with Crippen LogP contribution in [0.3, 0.4) is 0 Å². The van der Waals surface area contributed by atoms with Crippen LogP contribution in [0.5, 0.6) is 0 Å². The SMILES string of the molecule is CCC[C@](N)(NC(=N)N)C(=O)O. The first-order valence-corrected chi connectivity index (χ1v) is 3.57. The molecule has 0 spiro atoms. The van der Waals surface area contributed by atoms with Crippen LogP contribution < -0.4 is 16.8 Å². The summed E-state index contributed by atoms with van der Waals surface area (Å²) in [4.78, 5) is 10.6. The van der Waals surface area contributed by atoms with E-state index in [4.69, 9.17) is 22.0 Å². The van der Waals surface area contributed by atoms with Crippen LogP contribution in [0.15, 0.2) is 0 Å². The number of carboxylic acids is 1. The van der Waals surface area contributed by atoms with Crippen molar-refractivity contribution in [2.75, 3.05) is 0 Å². The highest BCUT2D eigenvalue weighted by Crippen LogP contribution is 2.05. The maximum atomic E-state index is 10.6. The predicted molar refractivity (Wildman–Crippen MR) is 44.5 cm³/mol. The number of hydrogen-bond acceptors (Lipinski definition) is 3. The number of nitrogens with one attached hydrogen (secondary N) is 2. The number of guanidine groups is 1. The van der Waals surface area contributed by atoms with E-state index in [2.05, 4.69) is 5.32 Å². The van der Waals surface area contributed by atoms with Gasteiger partial charge in [0, 0.05) is 0 Å². The standard InChI is InChI=1S/C6H14N4O2/c1-2-3-6(9,4(11)12)10-5(7)8/h2-3,9H2,1H3,(H,11,12)(H4,7,8,10)/t6-/m0/s1. The fourth-order valence-corrected chi connectivity index (χ4v) is 0.858. The molecule has 0 amide bonds. The molecule has 0 heterocycles. The van der Waals surface area contributed by atoms with Crippen LogP contribution in [-0.4, -0.2) is 22.7 Å². The molecule has 1 atom stereocenters. The second-order valence-corrected chi connectivity index (χ2v) is 2.57. The summed E-state index contributed by atoms with van der Waals surface area (Å²) in [7, 11) is 0. The average Bonchev–Trinajstić information content (AvgIpc) is 1.85. The molecule has 0 rings (SSSR count). The van der Waals surface area contributed by atoms with Crippen LogP contribution in [0, 0.1) is 5.41 Å². The van der Waals surface area contributed by atoms with E-state index >= 15 is 0 Å². The minimum Gasteiger partial charge on any atom is -0.478 e. The quantitative estimate of drug-likeness (QED) is 0.212. The molecule has 0 radical (unpaired) electrons. The second-order valence-electron chi connectivity index (χ2n) is 2.57. The van der Waals surface area contributed by atoms with Gasteiger partial charge in [0.1, 0.15) is 0 Å². The zero-order valence-corrected chi connectivity index (χ0v) is 6.92. The molecule has 0 aromatic rings. The summed E-state index contributed by atoms with van der Waals surface area (Å²) in [6.45, 7) is 1.80. The lowest BCUT2D eigenvalue weighted by Crippen LogP contribution is -2.62. The number of hydrogen-bond donors (Lipinski definition) is 5. The summed E-state index contributed by atoms with van der Waals surface area (Å²) in [6, 6.07) is 0. The first kappa shape index (κ1) is 10.7.